The van der Waals surface area contributed by atoms with E-state index >= 15 is 0 Å². The number of benzene rings is 3. The normalized spacial score (nSPS) is 12.3. The molecule has 1 aromatic heterocycles. The van der Waals surface area contributed by atoms with Gasteiger partial charge in [-0.1, -0.05) is 36.4 Å². The van der Waals surface area contributed by atoms with Gasteiger partial charge in [-0.15, -0.1) is 0 Å². The average Bonchev–Trinajstić information content (AvgIpc) is 3.34. The molecule has 9 heteroatoms. The van der Waals surface area contributed by atoms with Gasteiger partial charge in [-0.25, -0.2) is 4.39 Å². The number of carboxylic acids is 1. The molecule has 0 aliphatic rings. The Bertz CT molecular complexity index is 1400. The van der Waals surface area contributed by atoms with E-state index in [-0.39, 0.29) is 12.2 Å². The number of halogens is 4. The number of ether oxygens (including phenoxy) is 1. The largest absolute Gasteiger partial charge is 0.481 e. The Morgan fingerprint density at radius 2 is 1.74 bits per heavy atom. The summed E-state index contributed by atoms with van der Waals surface area (Å²) in [5.41, 5.74) is 3.24. The Labute approximate surface area is 217 Å². The van der Waals surface area contributed by atoms with Crippen molar-refractivity contribution in [1.29, 1.82) is 0 Å². The van der Waals surface area contributed by atoms with Crippen LogP contribution in [0.5, 0.6) is 5.75 Å². The fourth-order valence-corrected chi connectivity index (χ4v) is 4.27. The van der Waals surface area contributed by atoms with Crippen LogP contribution < -0.4 is 4.74 Å². The van der Waals surface area contributed by atoms with E-state index < -0.39 is 23.8 Å². The van der Waals surface area contributed by atoms with E-state index in [9.17, 15) is 22.4 Å². The Kier molecular flexibility index (Phi) is 8.14. The lowest BCUT2D eigenvalue weighted by molar-refractivity contribution is -0.138. The van der Waals surface area contributed by atoms with Gasteiger partial charge in [0.15, 0.2) is 6.10 Å². The minimum absolute atomic E-state index is 0.00435. The lowest BCUT2D eigenvalue weighted by atomic mass is 9.97. The molecule has 4 rings (SSSR count). The predicted molar refractivity (Wildman–Crippen MR) is 133 cm³/mol. The van der Waals surface area contributed by atoms with Gasteiger partial charge in [0, 0.05) is 17.7 Å². The molecule has 0 radical (unpaired) electrons. The van der Waals surface area contributed by atoms with Crippen molar-refractivity contribution in [3.05, 3.63) is 118 Å². The molecule has 0 fully saturated rings. The van der Waals surface area contributed by atoms with Crippen LogP contribution >= 0.6 is 0 Å². The standard InChI is InChI=1S/C29H26F4N2O3/c1-18-16-23(13-8-19(18)10-15-27(36)37)38-28(21-6-11-22(12-7-21)29(31,32)33)24-17-34-35-26(24)14-9-20-4-2-3-5-25(20)30/h2-8,11-13,16-17,28H,9-10,14-15H2,1H3,(H,34,35)(H,36,37). The number of nitrogens with zero attached hydrogens (tertiary/aromatic N) is 1. The monoisotopic (exact) mass is 526 g/mol. The molecule has 0 amide bonds. The molecule has 5 nitrogen and oxygen atoms in total. The molecule has 0 spiro atoms. The van der Waals surface area contributed by atoms with Crippen molar-refractivity contribution in [2.24, 2.45) is 0 Å². The number of carbonyl (C=O) groups is 1. The maximum absolute atomic E-state index is 14.2. The molecule has 4 aromatic rings. The van der Waals surface area contributed by atoms with E-state index in [1.165, 1.54) is 18.2 Å². The van der Waals surface area contributed by atoms with E-state index in [0.717, 1.165) is 23.3 Å². The van der Waals surface area contributed by atoms with E-state index in [1.807, 2.05) is 6.92 Å². The molecule has 2 N–H and O–H groups in total. The Balaban J connectivity index is 1.65. The van der Waals surface area contributed by atoms with E-state index in [4.69, 9.17) is 9.84 Å². The van der Waals surface area contributed by atoms with Gasteiger partial charge in [-0.3, -0.25) is 9.89 Å². The molecule has 0 aliphatic carbocycles. The summed E-state index contributed by atoms with van der Waals surface area (Å²) in [5, 5.41) is 16.0. The Morgan fingerprint density at radius 3 is 2.39 bits per heavy atom. The molecule has 38 heavy (non-hydrogen) atoms. The molecule has 0 bridgehead atoms. The second kappa shape index (κ2) is 11.5. The summed E-state index contributed by atoms with van der Waals surface area (Å²) in [6.07, 6.45) is -2.55. The summed E-state index contributed by atoms with van der Waals surface area (Å²) in [4.78, 5) is 10.9. The van der Waals surface area contributed by atoms with E-state index in [1.54, 1.807) is 42.6 Å². The smallest absolute Gasteiger partial charge is 0.416 e. The van der Waals surface area contributed by atoms with Crippen LogP contribution in [0.25, 0.3) is 0 Å². The summed E-state index contributed by atoms with van der Waals surface area (Å²) in [5.74, 6) is -0.745. The number of aromatic nitrogens is 2. The number of hydrogen-bond donors (Lipinski definition) is 2. The number of nitrogens with one attached hydrogen (secondary N) is 1. The lowest BCUT2D eigenvalue weighted by Gasteiger charge is -2.21. The van der Waals surface area contributed by atoms with E-state index in [2.05, 4.69) is 10.2 Å². The number of aryl methyl sites for hydroxylation is 4. The zero-order valence-corrected chi connectivity index (χ0v) is 20.6. The van der Waals surface area contributed by atoms with Crippen molar-refractivity contribution in [1.82, 2.24) is 10.2 Å². The van der Waals surface area contributed by atoms with Crippen molar-refractivity contribution in [3.63, 3.8) is 0 Å². The number of alkyl halides is 3. The molecule has 1 heterocycles. The molecule has 0 saturated heterocycles. The fourth-order valence-electron chi connectivity index (χ4n) is 4.27. The van der Waals surface area contributed by atoms with Gasteiger partial charge in [-0.2, -0.15) is 18.3 Å². The van der Waals surface area contributed by atoms with E-state index in [0.29, 0.717) is 47.4 Å². The maximum Gasteiger partial charge on any atom is 0.416 e. The number of aliphatic carboxylic acids is 1. The Morgan fingerprint density at radius 1 is 1.00 bits per heavy atom. The fraction of sp³-hybridized carbons (Fsp3) is 0.241. The first-order valence-electron chi connectivity index (χ1n) is 12.0. The van der Waals surface area contributed by atoms with Crippen LogP contribution in [0.15, 0.2) is 72.9 Å². The van der Waals surface area contributed by atoms with Gasteiger partial charge in [0.2, 0.25) is 0 Å². The first-order chi connectivity index (χ1) is 18.1. The highest BCUT2D eigenvalue weighted by Crippen LogP contribution is 2.34. The number of rotatable bonds is 10. The third-order valence-corrected chi connectivity index (χ3v) is 6.35. The van der Waals surface area contributed by atoms with Crippen molar-refractivity contribution in [3.8, 4) is 5.75 Å². The van der Waals surface area contributed by atoms with Crippen molar-refractivity contribution in [2.45, 2.75) is 44.9 Å². The number of hydrogen-bond acceptors (Lipinski definition) is 3. The van der Waals surface area contributed by atoms with Crippen LogP contribution in [0.3, 0.4) is 0 Å². The summed E-state index contributed by atoms with van der Waals surface area (Å²) >= 11 is 0. The van der Waals surface area contributed by atoms with Gasteiger partial charge in [0.25, 0.3) is 0 Å². The van der Waals surface area contributed by atoms with Crippen molar-refractivity contribution >= 4 is 5.97 Å². The zero-order valence-electron chi connectivity index (χ0n) is 20.6. The van der Waals surface area contributed by atoms with Gasteiger partial charge < -0.3 is 9.84 Å². The van der Waals surface area contributed by atoms with Gasteiger partial charge >= 0.3 is 12.1 Å². The molecule has 1 unspecified atom stereocenters. The first kappa shape index (κ1) is 26.9. The second-order valence-corrected chi connectivity index (χ2v) is 8.99. The molecular formula is C29H26F4N2O3. The highest BCUT2D eigenvalue weighted by molar-refractivity contribution is 5.67. The van der Waals surface area contributed by atoms with Crippen molar-refractivity contribution in [2.75, 3.05) is 0 Å². The summed E-state index contributed by atoms with van der Waals surface area (Å²) < 4.78 is 60.0. The third-order valence-electron chi connectivity index (χ3n) is 6.35. The van der Waals surface area contributed by atoms with Crippen LogP contribution in [-0.2, 0) is 30.2 Å². The molecular weight excluding hydrogens is 500 g/mol. The van der Waals surface area contributed by atoms with Crippen LogP contribution in [-0.4, -0.2) is 21.3 Å². The van der Waals surface area contributed by atoms with Gasteiger partial charge in [-0.05, 0) is 78.8 Å². The maximum atomic E-state index is 14.2. The molecule has 0 saturated carbocycles. The molecule has 3 aromatic carbocycles. The molecule has 0 aliphatic heterocycles. The quantitative estimate of drug-likeness (QED) is 0.222. The number of carboxylic acid groups (broad SMARTS) is 1. The highest BCUT2D eigenvalue weighted by atomic mass is 19.4. The van der Waals surface area contributed by atoms with Crippen LogP contribution in [0.4, 0.5) is 17.6 Å². The Hall–Kier alpha value is -4.14. The van der Waals surface area contributed by atoms with Crippen LogP contribution in [0, 0.1) is 12.7 Å². The topological polar surface area (TPSA) is 75.2 Å². The second-order valence-electron chi connectivity index (χ2n) is 8.99. The summed E-state index contributed by atoms with van der Waals surface area (Å²) in [6, 6.07) is 16.5. The number of H-pyrrole nitrogens is 1. The summed E-state index contributed by atoms with van der Waals surface area (Å²) in [6.45, 7) is 1.84. The van der Waals surface area contributed by atoms with Crippen LogP contribution in [0.2, 0.25) is 0 Å². The third kappa shape index (κ3) is 6.59. The lowest BCUT2D eigenvalue weighted by Crippen LogP contribution is -2.13. The zero-order chi connectivity index (χ0) is 27.3. The average molecular weight is 527 g/mol. The highest BCUT2D eigenvalue weighted by Gasteiger charge is 2.31. The number of aromatic amines is 1. The summed E-state index contributed by atoms with van der Waals surface area (Å²) in [7, 11) is 0. The SMILES string of the molecule is Cc1cc(OC(c2ccc(C(F)(F)F)cc2)c2cn[nH]c2CCc2ccccc2F)ccc1CCC(=O)O. The molecule has 1 atom stereocenters. The molecule has 198 valence electrons. The predicted octanol–water partition coefficient (Wildman–Crippen LogP) is 6.85. The van der Waals surface area contributed by atoms with Crippen LogP contribution in [0.1, 0.15) is 51.6 Å². The minimum atomic E-state index is -4.47. The van der Waals surface area contributed by atoms with Gasteiger partial charge in [0.1, 0.15) is 11.6 Å². The van der Waals surface area contributed by atoms with Crippen molar-refractivity contribution < 1.29 is 32.2 Å². The first-order valence-corrected chi connectivity index (χ1v) is 12.0. The van der Waals surface area contributed by atoms with Gasteiger partial charge in [0.05, 0.1) is 11.8 Å². The minimum Gasteiger partial charge on any atom is -0.481 e.